The van der Waals surface area contributed by atoms with Gasteiger partial charge in [0.25, 0.3) is 5.91 Å². The number of nitrogen functional groups attached to an aromatic ring is 1. The molecule has 0 aliphatic carbocycles. The number of nitrogens with zero attached hydrogens (tertiary/aromatic N) is 2. The van der Waals surface area contributed by atoms with Crippen molar-refractivity contribution in [2.45, 2.75) is 12.8 Å². The number of hydrogen-bond donors (Lipinski definition) is 2. The topological polar surface area (TPSA) is 80.5 Å². The van der Waals surface area contributed by atoms with Crippen LogP contribution >= 0.6 is 11.6 Å². The average Bonchev–Trinajstić information content (AvgIpc) is 2.48. The summed E-state index contributed by atoms with van der Waals surface area (Å²) >= 11 is 6.05. The van der Waals surface area contributed by atoms with Crippen LogP contribution in [0.4, 0.5) is 5.82 Å². The highest BCUT2D eigenvalue weighted by Crippen LogP contribution is 2.22. The maximum atomic E-state index is 12.4. The van der Waals surface area contributed by atoms with Gasteiger partial charge in [-0.25, -0.2) is 10.8 Å². The number of likely N-dealkylation sites (tertiary alicyclic amines) is 1. The first-order chi connectivity index (χ1) is 9.65. The number of rotatable bonds is 4. The summed E-state index contributed by atoms with van der Waals surface area (Å²) < 4.78 is 5.15. The fraction of sp³-hybridized carbons (Fsp3) is 0.538. The van der Waals surface area contributed by atoms with Gasteiger partial charge in [0, 0.05) is 26.8 Å². The molecule has 1 aliphatic rings. The predicted molar refractivity (Wildman–Crippen MR) is 77.6 cm³/mol. The molecule has 0 bridgehead atoms. The van der Waals surface area contributed by atoms with Gasteiger partial charge >= 0.3 is 0 Å². The smallest absolute Gasteiger partial charge is 0.274 e. The summed E-state index contributed by atoms with van der Waals surface area (Å²) in [6, 6.07) is 3.25. The van der Waals surface area contributed by atoms with Crippen molar-refractivity contribution < 1.29 is 9.53 Å². The monoisotopic (exact) mass is 298 g/mol. The lowest BCUT2D eigenvalue weighted by molar-refractivity contribution is 0.0608. The van der Waals surface area contributed by atoms with Crippen LogP contribution in [0.2, 0.25) is 5.02 Å². The normalized spacial score (nSPS) is 16.2. The Bertz CT molecular complexity index is 475. The Morgan fingerprint density at radius 3 is 2.85 bits per heavy atom. The maximum absolute atomic E-state index is 12.4. The van der Waals surface area contributed by atoms with Gasteiger partial charge in [-0.15, -0.1) is 0 Å². The second kappa shape index (κ2) is 6.88. The van der Waals surface area contributed by atoms with Gasteiger partial charge in [-0.1, -0.05) is 11.6 Å². The van der Waals surface area contributed by atoms with E-state index in [-0.39, 0.29) is 11.6 Å². The number of anilines is 1. The van der Waals surface area contributed by atoms with Gasteiger partial charge in [-0.2, -0.15) is 0 Å². The van der Waals surface area contributed by atoms with Crippen LogP contribution in [0.3, 0.4) is 0 Å². The summed E-state index contributed by atoms with van der Waals surface area (Å²) in [6.45, 7) is 2.14. The molecule has 0 saturated carbocycles. The number of piperidine rings is 1. The third-order valence-corrected chi connectivity index (χ3v) is 3.81. The Kier molecular flexibility index (Phi) is 5.17. The highest BCUT2D eigenvalue weighted by Gasteiger charge is 2.25. The van der Waals surface area contributed by atoms with Crippen LogP contribution in [0.5, 0.6) is 0 Å². The molecule has 1 saturated heterocycles. The SMILES string of the molecule is COCC1CCN(C(=O)c2nc(NN)ccc2Cl)CC1. The molecule has 1 aliphatic heterocycles. The summed E-state index contributed by atoms with van der Waals surface area (Å²) in [5, 5.41) is 0.341. The molecule has 1 amide bonds. The zero-order chi connectivity index (χ0) is 14.5. The molecule has 1 fully saturated rings. The van der Waals surface area contributed by atoms with Gasteiger partial charge in [0.1, 0.15) is 11.5 Å². The summed E-state index contributed by atoms with van der Waals surface area (Å²) in [4.78, 5) is 18.3. The number of amides is 1. The molecule has 1 aromatic rings. The Morgan fingerprint density at radius 1 is 1.55 bits per heavy atom. The summed E-state index contributed by atoms with van der Waals surface area (Å²) in [5.41, 5.74) is 2.66. The molecule has 20 heavy (non-hydrogen) atoms. The zero-order valence-electron chi connectivity index (χ0n) is 11.4. The number of ether oxygens (including phenoxy) is 1. The number of pyridine rings is 1. The van der Waals surface area contributed by atoms with Crippen molar-refractivity contribution in [3.8, 4) is 0 Å². The van der Waals surface area contributed by atoms with E-state index in [0.29, 0.717) is 29.8 Å². The summed E-state index contributed by atoms with van der Waals surface area (Å²) in [7, 11) is 1.70. The van der Waals surface area contributed by atoms with Crippen LogP contribution in [0.1, 0.15) is 23.3 Å². The van der Waals surface area contributed by atoms with Crippen molar-refractivity contribution in [2.24, 2.45) is 11.8 Å². The minimum atomic E-state index is -0.150. The first kappa shape index (κ1) is 15.0. The molecule has 2 heterocycles. The lowest BCUT2D eigenvalue weighted by Gasteiger charge is -2.31. The molecule has 2 rings (SSSR count). The molecular weight excluding hydrogens is 280 g/mol. The lowest BCUT2D eigenvalue weighted by atomic mass is 9.97. The first-order valence-electron chi connectivity index (χ1n) is 6.57. The molecule has 110 valence electrons. The van der Waals surface area contributed by atoms with Crippen LogP contribution in [0, 0.1) is 5.92 Å². The van der Waals surface area contributed by atoms with Crippen molar-refractivity contribution in [3.63, 3.8) is 0 Å². The number of carbonyl (C=O) groups excluding carboxylic acids is 1. The van der Waals surface area contributed by atoms with E-state index in [0.717, 1.165) is 19.4 Å². The molecule has 0 radical (unpaired) electrons. The van der Waals surface area contributed by atoms with Crippen LogP contribution in [0.25, 0.3) is 0 Å². The summed E-state index contributed by atoms with van der Waals surface area (Å²) in [5.74, 6) is 6.10. The van der Waals surface area contributed by atoms with E-state index in [1.165, 1.54) is 0 Å². The second-order valence-electron chi connectivity index (χ2n) is 4.86. The Labute approximate surface area is 123 Å². The fourth-order valence-corrected chi connectivity index (χ4v) is 2.55. The second-order valence-corrected chi connectivity index (χ2v) is 5.27. The number of halogens is 1. The molecule has 0 atom stereocenters. The zero-order valence-corrected chi connectivity index (χ0v) is 12.2. The minimum absolute atomic E-state index is 0.150. The van der Waals surface area contributed by atoms with E-state index >= 15 is 0 Å². The van der Waals surface area contributed by atoms with Crippen LogP contribution in [-0.2, 0) is 4.74 Å². The Balaban J connectivity index is 2.05. The van der Waals surface area contributed by atoms with E-state index in [2.05, 4.69) is 10.4 Å². The maximum Gasteiger partial charge on any atom is 0.274 e. The number of nitrogens with one attached hydrogen (secondary N) is 1. The van der Waals surface area contributed by atoms with Gasteiger partial charge in [-0.3, -0.25) is 4.79 Å². The fourth-order valence-electron chi connectivity index (χ4n) is 2.36. The largest absolute Gasteiger partial charge is 0.384 e. The Morgan fingerprint density at radius 2 is 2.25 bits per heavy atom. The highest BCUT2D eigenvalue weighted by atomic mass is 35.5. The predicted octanol–water partition coefficient (Wildman–Crippen LogP) is 1.52. The van der Waals surface area contributed by atoms with E-state index in [1.807, 2.05) is 0 Å². The quantitative estimate of drug-likeness (QED) is 0.651. The van der Waals surface area contributed by atoms with E-state index in [1.54, 1.807) is 24.1 Å². The molecule has 0 spiro atoms. The van der Waals surface area contributed by atoms with Crippen molar-refractivity contribution in [2.75, 3.05) is 32.2 Å². The van der Waals surface area contributed by atoms with E-state index in [4.69, 9.17) is 22.2 Å². The van der Waals surface area contributed by atoms with E-state index in [9.17, 15) is 4.79 Å². The van der Waals surface area contributed by atoms with Gasteiger partial charge in [-0.05, 0) is 30.9 Å². The average molecular weight is 299 g/mol. The number of carbonyl (C=O) groups is 1. The molecule has 3 N–H and O–H groups in total. The highest BCUT2D eigenvalue weighted by molar-refractivity contribution is 6.33. The number of hydrazine groups is 1. The molecule has 6 nitrogen and oxygen atoms in total. The first-order valence-corrected chi connectivity index (χ1v) is 6.95. The van der Waals surface area contributed by atoms with Crippen molar-refractivity contribution in [3.05, 3.63) is 22.8 Å². The van der Waals surface area contributed by atoms with Gasteiger partial charge in [0.15, 0.2) is 0 Å². The van der Waals surface area contributed by atoms with Crippen LogP contribution in [-0.4, -0.2) is 42.6 Å². The molecule has 7 heteroatoms. The molecule has 1 aromatic heterocycles. The standard InChI is InChI=1S/C13H19ClN4O2/c1-20-8-9-4-6-18(7-5-9)13(19)12-10(14)2-3-11(16-12)17-15/h2-3,9H,4-8,15H2,1H3,(H,16,17). The third kappa shape index (κ3) is 3.39. The Hall–Kier alpha value is -1.37. The molecule has 0 aromatic carbocycles. The van der Waals surface area contributed by atoms with Crippen LogP contribution in [0.15, 0.2) is 12.1 Å². The van der Waals surface area contributed by atoms with Gasteiger partial charge in [0.05, 0.1) is 5.02 Å². The van der Waals surface area contributed by atoms with E-state index < -0.39 is 0 Å². The van der Waals surface area contributed by atoms with Gasteiger partial charge < -0.3 is 15.1 Å². The van der Waals surface area contributed by atoms with Crippen molar-refractivity contribution in [1.82, 2.24) is 9.88 Å². The third-order valence-electron chi connectivity index (χ3n) is 3.50. The molecular formula is C13H19ClN4O2. The summed E-state index contributed by atoms with van der Waals surface area (Å²) in [6.07, 6.45) is 1.87. The van der Waals surface area contributed by atoms with Crippen molar-refractivity contribution >= 4 is 23.3 Å². The van der Waals surface area contributed by atoms with Gasteiger partial charge in [0.2, 0.25) is 0 Å². The lowest BCUT2D eigenvalue weighted by Crippen LogP contribution is -2.39. The molecule has 0 unspecified atom stereocenters. The van der Waals surface area contributed by atoms with Crippen molar-refractivity contribution in [1.29, 1.82) is 0 Å². The minimum Gasteiger partial charge on any atom is -0.384 e. The number of methoxy groups -OCH3 is 1. The number of aromatic nitrogens is 1. The number of nitrogens with two attached hydrogens (primary N) is 1. The van der Waals surface area contributed by atoms with Crippen LogP contribution < -0.4 is 11.3 Å². The number of hydrogen-bond acceptors (Lipinski definition) is 5.